The molecule has 0 aromatic rings. The van der Waals surface area contributed by atoms with E-state index in [1.807, 2.05) is 0 Å². The summed E-state index contributed by atoms with van der Waals surface area (Å²) in [5, 5.41) is 0. The molecule has 42 valence electrons. The summed E-state index contributed by atoms with van der Waals surface area (Å²) in [6.07, 6.45) is 7.65. The molecule has 1 unspecified atom stereocenters. The molecule has 1 heteroatoms. The van der Waals surface area contributed by atoms with Crippen LogP contribution >= 0.6 is 7.92 Å². The molecule has 0 N–H and O–H groups in total. The molecule has 0 radical (unpaired) electrons. The van der Waals surface area contributed by atoms with Crippen LogP contribution in [0.25, 0.3) is 0 Å². The molecule has 0 amide bonds. The minimum atomic E-state index is 0.185. The Kier molecular flexibility index (Phi) is 1.71. The van der Waals surface area contributed by atoms with Crippen molar-refractivity contribution in [3.63, 3.8) is 0 Å². The fourth-order valence-corrected chi connectivity index (χ4v) is 2.26. The van der Waals surface area contributed by atoms with Gasteiger partial charge in [0.1, 0.15) is 0 Å². The standard InChI is InChI=1S/C7H9P/c1-3-7-4-5-8(2)6-7/h1,6H,4-5H2,2H3. The first kappa shape index (κ1) is 5.86. The molecule has 1 rings (SSSR count). The fourth-order valence-electron chi connectivity index (χ4n) is 0.801. The summed E-state index contributed by atoms with van der Waals surface area (Å²) in [7, 11) is 0.185. The second-order valence-corrected chi connectivity index (χ2v) is 4.25. The Morgan fingerprint density at radius 2 is 2.62 bits per heavy atom. The first-order valence-corrected chi connectivity index (χ1v) is 4.75. The van der Waals surface area contributed by atoms with E-state index < -0.39 is 0 Å². The lowest BCUT2D eigenvalue weighted by Crippen LogP contribution is -1.71. The van der Waals surface area contributed by atoms with E-state index >= 15 is 0 Å². The van der Waals surface area contributed by atoms with Gasteiger partial charge >= 0.3 is 0 Å². The van der Waals surface area contributed by atoms with Crippen molar-refractivity contribution in [2.24, 2.45) is 0 Å². The summed E-state index contributed by atoms with van der Waals surface area (Å²) >= 11 is 0. The maximum Gasteiger partial charge on any atom is 0.00259 e. The van der Waals surface area contributed by atoms with Gasteiger partial charge in [0.25, 0.3) is 0 Å². The van der Waals surface area contributed by atoms with Crippen molar-refractivity contribution in [2.45, 2.75) is 6.42 Å². The van der Waals surface area contributed by atoms with Gasteiger partial charge in [-0.05, 0) is 25.1 Å². The molecule has 0 aromatic carbocycles. The molecule has 8 heavy (non-hydrogen) atoms. The van der Waals surface area contributed by atoms with Crippen molar-refractivity contribution >= 4 is 7.92 Å². The van der Waals surface area contributed by atoms with Crippen LogP contribution in [-0.4, -0.2) is 12.8 Å². The highest BCUT2D eigenvalue weighted by molar-refractivity contribution is 7.60. The van der Waals surface area contributed by atoms with Crippen LogP contribution in [-0.2, 0) is 0 Å². The predicted octanol–water partition coefficient (Wildman–Crippen LogP) is 2.02. The van der Waals surface area contributed by atoms with Crippen LogP contribution in [0.1, 0.15) is 6.42 Å². The number of allylic oxidation sites excluding steroid dienone is 1. The Hall–Kier alpha value is -0.270. The second-order valence-electron chi connectivity index (χ2n) is 2.03. The van der Waals surface area contributed by atoms with Gasteiger partial charge in [0.15, 0.2) is 0 Å². The molecular formula is C7H9P. The van der Waals surface area contributed by atoms with Gasteiger partial charge in [-0.25, -0.2) is 0 Å². The fraction of sp³-hybridized carbons (Fsp3) is 0.429. The lowest BCUT2D eigenvalue weighted by molar-refractivity contribution is 1.21. The van der Waals surface area contributed by atoms with Crippen LogP contribution in [0.3, 0.4) is 0 Å². The number of hydrogen-bond donors (Lipinski definition) is 0. The van der Waals surface area contributed by atoms with Gasteiger partial charge in [0.2, 0.25) is 0 Å². The molecule has 0 saturated heterocycles. The predicted molar refractivity (Wildman–Crippen MR) is 39.2 cm³/mol. The first-order valence-electron chi connectivity index (χ1n) is 2.70. The summed E-state index contributed by atoms with van der Waals surface area (Å²) in [4.78, 5) is 0. The van der Waals surface area contributed by atoms with Crippen LogP contribution in [0.5, 0.6) is 0 Å². The lowest BCUT2D eigenvalue weighted by atomic mass is 10.3. The van der Waals surface area contributed by atoms with E-state index in [4.69, 9.17) is 6.42 Å². The quantitative estimate of drug-likeness (QED) is 0.342. The Bertz CT molecular complexity index is 150. The summed E-state index contributed by atoms with van der Waals surface area (Å²) in [6, 6.07) is 0. The molecule has 0 spiro atoms. The molecule has 0 fully saturated rings. The Morgan fingerprint density at radius 1 is 1.88 bits per heavy atom. The van der Waals surface area contributed by atoms with E-state index in [2.05, 4.69) is 18.4 Å². The summed E-state index contributed by atoms with van der Waals surface area (Å²) in [6.45, 7) is 2.26. The van der Waals surface area contributed by atoms with E-state index in [1.54, 1.807) is 0 Å². The Balaban J connectivity index is 2.61. The average molecular weight is 124 g/mol. The van der Waals surface area contributed by atoms with Crippen LogP contribution in [0.15, 0.2) is 11.4 Å². The third-order valence-electron chi connectivity index (χ3n) is 1.30. The van der Waals surface area contributed by atoms with Gasteiger partial charge in [-0.15, -0.1) is 6.42 Å². The summed E-state index contributed by atoms with van der Waals surface area (Å²) < 4.78 is 0. The largest absolute Gasteiger partial charge is 0.115 e. The summed E-state index contributed by atoms with van der Waals surface area (Å²) in [5.41, 5.74) is 1.22. The van der Waals surface area contributed by atoms with E-state index in [1.165, 1.54) is 11.7 Å². The van der Waals surface area contributed by atoms with Crippen molar-refractivity contribution in [3.05, 3.63) is 11.4 Å². The van der Waals surface area contributed by atoms with E-state index in [0.29, 0.717) is 0 Å². The molecule has 0 aliphatic carbocycles. The summed E-state index contributed by atoms with van der Waals surface area (Å²) in [5.74, 6) is 4.92. The van der Waals surface area contributed by atoms with Gasteiger partial charge in [-0.3, -0.25) is 0 Å². The maximum atomic E-state index is 5.19. The highest BCUT2D eigenvalue weighted by atomic mass is 31.1. The molecular weight excluding hydrogens is 115 g/mol. The lowest BCUT2D eigenvalue weighted by Gasteiger charge is -1.90. The first-order chi connectivity index (χ1) is 3.83. The third-order valence-corrected chi connectivity index (χ3v) is 2.98. The monoisotopic (exact) mass is 124 g/mol. The molecule has 1 atom stereocenters. The zero-order chi connectivity index (χ0) is 5.98. The van der Waals surface area contributed by atoms with Crippen molar-refractivity contribution < 1.29 is 0 Å². The minimum absolute atomic E-state index is 0.185. The molecule has 0 nitrogen and oxygen atoms in total. The molecule has 0 saturated carbocycles. The van der Waals surface area contributed by atoms with Crippen molar-refractivity contribution in [3.8, 4) is 12.3 Å². The molecule has 0 aromatic heterocycles. The smallest absolute Gasteiger partial charge is 0.00259 e. The maximum absolute atomic E-state index is 5.19. The van der Waals surface area contributed by atoms with Crippen molar-refractivity contribution in [2.75, 3.05) is 12.8 Å². The third kappa shape index (κ3) is 1.11. The molecule has 1 aliphatic heterocycles. The molecule has 1 heterocycles. The molecule has 0 bridgehead atoms. The van der Waals surface area contributed by atoms with E-state index in [9.17, 15) is 0 Å². The number of terminal acetylenes is 1. The zero-order valence-corrected chi connectivity index (χ0v) is 5.91. The van der Waals surface area contributed by atoms with Gasteiger partial charge in [-0.1, -0.05) is 13.8 Å². The molecule has 1 aliphatic rings. The van der Waals surface area contributed by atoms with Crippen molar-refractivity contribution in [1.82, 2.24) is 0 Å². The second kappa shape index (κ2) is 2.33. The topological polar surface area (TPSA) is 0 Å². The van der Waals surface area contributed by atoms with Gasteiger partial charge in [0.05, 0.1) is 0 Å². The van der Waals surface area contributed by atoms with Gasteiger partial charge in [-0.2, -0.15) is 0 Å². The minimum Gasteiger partial charge on any atom is -0.115 e. The number of rotatable bonds is 0. The van der Waals surface area contributed by atoms with Gasteiger partial charge < -0.3 is 0 Å². The van der Waals surface area contributed by atoms with E-state index in [0.717, 1.165) is 6.42 Å². The van der Waals surface area contributed by atoms with E-state index in [-0.39, 0.29) is 7.92 Å². The Morgan fingerprint density at radius 3 is 2.88 bits per heavy atom. The highest BCUT2D eigenvalue weighted by Crippen LogP contribution is 2.41. The number of hydrogen-bond acceptors (Lipinski definition) is 0. The SMILES string of the molecule is C#CC1=CP(C)CC1. The van der Waals surface area contributed by atoms with Crippen LogP contribution in [0.4, 0.5) is 0 Å². The van der Waals surface area contributed by atoms with Crippen LogP contribution in [0, 0.1) is 12.3 Å². The van der Waals surface area contributed by atoms with Crippen molar-refractivity contribution in [1.29, 1.82) is 0 Å². The average Bonchev–Trinajstić information content (AvgIpc) is 2.14. The Labute approximate surface area is 51.7 Å². The van der Waals surface area contributed by atoms with Gasteiger partial charge in [0, 0.05) is 5.57 Å². The normalized spacial score (nSPS) is 27.0. The van der Waals surface area contributed by atoms with Crippen LogP contribution < -0.4 is 0 Å². The highest BCUT2D eigenvalue weighted by Gasteiger charge is 2.07. The zero-order valence-electron chi connectivity index (χ0n) is 5.02. The van der Waals surface area contributed by atoms with Crippen LogP contribution in [0.2, 0.25) is 0 Å².